The van der Waals surface area contributed by atoms with Gasteiger partial charge in [0.05, 0.1) is 31.0 Å². The number of nitrogens with zero attached hydrogens (tertiary/aromatic N) is 3. The fourth-order valence-electron chi connectivity index (χ4n) is 7.99. The standard InChI is InChI=1S/C45H45N7O5/c1-2-57-45(56)50-41(32-13-7-4-8-14-32)44(55)52-24-10-16-39(52)43(54)47-34-21-22-35-33(26-34)27-36(48-35)30-17-19-31(20-18-30)37-28-46-42(49-37)38-15-9-23-51(38)40(53)25-29-11-5-3-6-12-29/h3-8,11-14,17-22,26-28,38-39,41,48H,2,9-10,15-16,23-25H2,1H3,(H,46,49)(H,47,54)(H,50,56)/t38-,39-,41+/m0/s1. The molecule has 0 bridgehead atoms. The minimum Gasteiger partial charge on any atom is -0.450 e. The first-order chi connectivity index (χ1) is 27.8. The van der Waals surface area contributed by atoms with Crippen LogP contribution in [0.5, 0.6) is 0 Å². The van der Waals surface area contributed by atoms with Crippen LogP contribution in [0.4, 0.5) is 10.5 Å². The van der Waals surface area contributed by atoms with Crippen molar-refractivity contribution in [3.63, 3.8) is 0 Å². The van der Waals surface area contributed by atoms with Crippen molar-refractivity contribution in [1.29, 1.82) is 0 Å². The Labute approximate surface area is 330 Å². The van der Waals surface area contributed by atoms with E-state index in [1.165, 1.54) is 0 Å². The third-order valence-electron chi connectivity index (χ3n) is 10.8. The first-order valence-corrected chi connectivity index (χ1v) is 19.6. The Bertz CT molecular complexity index is 2370. The summed E-state index contributed by atoms with van der Waals surface area (Å²) < 4.78 is 5.07. The highest BCUT2D eigenvalue weighted by atomic mass is 16.5. The number of ether oxygens (including phenoxy) is 1. The number of likely N-dealkylation sites (tertiary alicyclic amines) is 2. The van der Waals surface area contributed by atoms with Crippen LogP contribution in [0.1, 0.15) is 61.6 Å². The molecule has 2 aliphatic rings. The van der Waals surface area contributed by atoms with E-state index in [2.05, 4.69) is 44.9 Å². The Morgan fingerprint density at radius 3 is 2.26 bits per heavy atom. The van der Waals surface area contributed by atoms with Crippen molar-refractivity contribution < 1.29 is 23.9 Å². The summed E-state index contributed by atoms with van der Waals surface area (Å²) >= 11 is 0. The number of rotatable bonds is 11. The summed E-state index contributed by atoms with van der Waals surface area (Å²) in [5.74, 6) is 0.283. The highest BCUT2D eigenvalue weighted by molar-refractivity contribution is 6.00. The number of aromatic nitrogens is 3. The van der Waals surface area contributed by atoms with Crippen molar-refractivity contribution >= 4 is 40.4 Å². The van der Waals surface area contributed by atoms with E-state index in [-0.39, 0.29) is 30.4 Å². The second-order valence-electron chi connectivity index (χ2n) is 14.5. The number of H-pyrrole nitrogens is 2. The van der Waals surface area contributed by atoms with E-state index in [9.17, 15) is 19.2 Å². The lowest BCUT2D eigenvalue weighted by molar-refractivity contribution is -0.138. The van der Waals surface area contributed by atoms with Crippen molar-refractivity contribution in [2.75, 3.05) is 25.0 Å². The summed E-state index contributed by atoms with van der Waals surface area (Å²) in [5.41, 5.74) is 6.97. The van der Waals surface area contributed by atoms with Gasteiger partial charge in [0.1, 0.15) is 17.9 Å². The Kier molecular flexibility index (Phi) is 10.8. The van der Waals surface area contributed by atoms with Crippen LogP contribution >= 0.6 is 0 Å². The van der Waals surface area contributed by atoms with E-state index in [0.29, 0.717) is 37.1 Å². The molecule has 12 heteroatoms. The minimum atomic E-state index is -0.982. The zero-order valence-corrected chi connectivity index (χ0v) is 31.7. The first kappa shape index (κ1) is 37.2. The van der Waals surface area contributed by atoms with Crippen molar-refractivity contribution in [2.45, 2.75) is 57.2 Å². The topological polar surface area (TPSA) is 153 Å². The number of hydrogen-bond acceptors (Lipinski definition) is 6. The van der Waals surface area contributed by atoms with Crippen molar-refractivity contribution in [3.05, 3.63) is 132 Å². The van der Waals surface area contributed by atoms with Crippen molar-refractivity contribution in [2.24, 2.45) is 0 Å². The van der Waals surface area contributed by atoms with Gasteiger partial charge in [0.2, 0.25) is 11.8 Å². The van der Waals surface area contributed by atoms with Gasteiger partial charge < -0.3 is 35.1 Å². The van der Waals surface area contributed by atoms with Gasteiger partial charge in [-0.15, -0.1) is 0 Å². The Morgan fingerprint density at radius 2 is 1.51 bits per heavy atom. The number of carbonyl (C=O) groups is 4. The van der Waals surface area contributed by atoms with Crippen LogP contribution < -0.4 is 10.6 Å². The third-order valence-corrected chi connectivity index (χ3v) is 10.8. The summed E-state index contributed by atoms with van der Waals surface area (Å²) in [6, 6.07) is 33.0. The number of fused-ring (bicyclic) bond motifs is 1. The second-order valence-corrected chi connectivity index (χ2v) is 14.5. The molecule has 4 heterocycles. The van der Waals surface area contributed by atoms with E-state index >= 15 is 0 Å². The number of alkyl carbamates (subject to hydrolysis) is 1. The van der Waals surface area contributed by atoms with Crippen LogP contribution in [0.15, 0.2) is 115 Å². The van der Waals surface area contributed by atoms with Crippen LogP contribution in [0.2, 0.25) is 0 Å². The molecule has 0 saturated carbocycles. The molecule has 2 aliphatic heterocycles. The van der Waals surface area contributed by atoms with Gasteiger partial charge in [-0.05, 0) is 79.1 Å². The summed E-state index contributed by atoms with van der Waals surface area (Å²) in [6.07, 6.45) is 4.53. The number of aromatic amines is 2. The summed E-state index contributed by atoms with van der Waals surface area (Å²) in [4.78, 5) is 68.3. The number of carbonyl (C=O) groups excluding carboxylic acids is 4. The SMILES string of the molecule is CCOC(=O)N[C@@H](C(=O)N1CCC[C@H]1C(=O)Nc1ccc2[nH]c(-c3ccc(-c4cnc([C@@H]5CCCN5C(=O)Cc5ccccc5)[nH]4)cc3)cc2c1)c1ccccc1. The molecule has 0 spiro atoms. The highest BCUT2D eigenvalue weighted by Gasteiger charge is 2.38. The van der Waals surface area contributed by atoms with Crippen molar-refractivity contribution in [3.8, 4) is 22.5 Å². The largest absolute Gasteiger partial charge is 0.450 e. The van der Waals surface area contributed by atoms with E-state index in [1.54, 1.807) is 36.1 Å². The molecule has 6 aromatic rings. The number of benzene rings is 4. The number of imidazole rings is 1. The van der Waals surface area contributed by atoms with Gasteiger partial charge in [0.15, 0.2) is 0 Å². The molecular formula is C45H45N7O5. The molecule has 4 amide bonds. The molecule has 0 radical (unpaired) electrons. The van der Waals surface area contributed by atoms with Gasteiger partial charge in [0.25, 0.3) is 5.91 Å². The van der Waals surface area contributed by atoms with Crippen LogP contribution in [0.3, 0.4) is 0 Å². The third kappa shape index (κ3) is 8.16. The van der Waals surface area contributed by atoms with Crippen LogP contribution in [0, 0.1) is 0 Å². The predicted octanol–water partition coefficient (Wildman–Crippen LogP) is 7.55. The molecule has 4 aromatic carbocycles. The molecule has 12 nitrogen and oxygen atoms in total. The van der Waals surface area contributed by atoms with Gasteiger partial charge in [-0.2, -0.15) is 0 Å². The monoisotopic (exact) mass is 763 g/mol. The second kappa shape index (κ2) is 16.6. The number of amides is 4. The zero-order chi connectivity index (χ0) is 39.3. The van der Waals surface area contributed by atoms with E-state index < -0.39 is 18.2 Å². The number of anilines is 1. The van der Waals surface area contributed by atoms with Crippen LogP contribution in [-0.2, 0) is 25.5 Å². The quantitative estimate of drug-likeness (QED) is 0.107. The Hall–Kier alpha value is -6.69. The lowest BCUT2D eigenvalue weighted by atomic mass is 10.0. The maximum absolute atomic E-state index is 13.9. The summed E-state index contributed by atoms with van der Waals surface area (Å²) in [5, 5.41) is 6.64. The number of nitrogens with one attached hydrogen (secondary N) is 4. The van der Waals surface area contributed by atoms with Crippen LogP contribution in [-0.4, -0.2) is 74.3 Å². The van der Waals surface area contributed by atoms with Crippen molar-refractivity contribution in [1.82, 2.24) is 30.1 Å². The normalized spacial score (nSPS) is 17.1. The molecule has 8 rings (SSSR count). The van der Waals surface area contributed by atoms with Gasteiger partial charge in [0, 0.05) is 35.4 Å². The zero-order valence-electron chi connectivity index (χ0n) is 31.7. The van der Waals surface area contributed by atoms with Gasteiger partial charge in [-0.1, -0.05) is 84.9 Å². The maximum atomic E-state index is 13.9. The fraction of sp³-hybridized carbons (Fsp3) is 0.267. The molecule has 0 aliphatic carbocycles. The molecule has 57 heavy (non-hydrogen) atoms. The lowest BCUT2D eigenvalue weighted by Crippen LogP contribution is -2.48. The van der Waals surface area contributed by atoms with Gasteiger partial charge >= 0.3 is 6.09 Å². The molecule has 4 N–H and O–H groups in total. The van der Waals surface area contributed by atoms with E-state index in [4.69, 9.17) is 9.72 Å². The first-order valence-electron chi connectivity index (χ1n) is 19.6. The molecular weight excluding hydrogens is 719 g/mol. The average Bonchev–Trinajstić information content (AvgIpc) is 4.07. The predicted molar refractivity (Wildman–Crippen MR) is 218 cm³/mol. The average molecular weight is 764 g/mol. The molecule has 290 valence electrons. The summed E-state index contributed by atoms with van der Waals surface area (Å²) in [6.45, 7) is 3.00. The maximum Gasteiger partial charge on any atom is 0.408 e. The molecule has 2 aromatic heterocycles. The van der Waals surface area contributed by atoms with Gasteiger partial charge in [-0.3, -0.25) is 14.4 Å². The molecule has 2 fully saturated rings. The van der Waals surface area contributed by atoms with Gasteiger partial charge in [-0.25, -0.2) is 9.78 Å². The highest BCUT2D eigenvalue weighted by Crippen LogP contribution is 2.33. The Morgan fingerprint density at radius 1 is 0.807 bits per heavy atom. The summed E-state index contributed by atoms with van der Waals surface area (Å²) in [7, 11) is 0. The molecule has 2 saturated heterocycles. The molecule has 3 atom stereocenters. The lowest BCUT2D eigenvalue weighted by Gasteiger charge is -2.28. The number of hydrogen-bond donors (Lipinski definition) is 4. The fourth-order valence-corrected chi connectivity index (χ4v) is 7.99. The Balaban J connectivity index is 0.922. The molecule has 0 unspecified atom stereocenters. The van der Waals surface area contributed by atoms with Crippen LogP contribution in [0.25, 0.3) is 33.4 Å². The smallest absolute Gasteiger partial charge is 0.408 e. The van der Waals surface area contributed by atoms with E-state index in [0.717, 1.165) is 64.2 Å². The van der Waals surface area contributed by atoms with E-state index in [1.807, 2.05) is 71.8 Å². The minimum absolute atomic E-state index is 0.0676.